The summed E-state index contributed by atoms with van der Waals surface area (Å²) in [5.74, 6) is 1.20. The number of rotatable bonds is 2. The summed E-state index contributed by atoms with van der Waals surface area (Å²) >= 11 is 1.22. The Kier molecular flexibility index (Phi) is 2.55. The number of nitrogens with zero attached hydrogens (tertiary/aromatic N) is 3. The topological polar surface area (TPSA) is 76.3 Å². The largest absolute Gasteiger partial charge is 0.287 e. The Morgan fingerprint density at radius 3 is 2.80 bits per heavy atom. The summed E-state index contributed by atoms with van der Waals surface area (Å²) in [6, 6.07) is 2.83. The molecule has 1 aliphatic heterocycles. The highest BCUT2D eigenvalue weighted by Crippen LogP contribution is 2.24. The number of aromatic nitrogens is 1. The van der Waals surface area contributed by atoms with Crippen LogP contribution in [0.1, 0.15) is 0 Å². The van der Waals surface area contributed by atoms with Crippen LogP contribution in [0, 0.1) is 10.1 Å². The molecule has 1 aromatic rings. The average Bonchev–Trinajstić information content (AvgIpc) is 2.65. The van der Waals surface area contributed by atoms with Gasteiger partial charge in [0.25, 0.3) is 10.9 Å². The Bertz CT molecular complexity index is 406. The van der Waals surface area contributed by atoms with Gasteiger partial charge in [-0.2, -0.15) is 0 Å². The molecule has 0 unspecified atom stereocenters. The van der Waals surface area contributed by atoms with Crippen molar-refractivity contribution in [3.05, 3.63) is 28.4 Å². The van der Waals surface area contributed by atoms with Crippen LogP contribution in [0.25, 0.3) is 0 Å². The molecule has 1 saturated heterocycles. The second-order valence-corrected chi connectivity index (χ2v) is 3.94. The van der Waals surface area contributed by atoms with Gasteiger partial charge in [0.1, 0.15) is 12.0 Å². The van der Waals surface area contributed by atoms with Crippen molar-refractivity contribution < 1.29 is 9.72 Å². The van der Waals surface area contributed by atoms with Crippen LogP contribution in [0.15, 0.2) is 18.3 Å². The van der Waals surface area contributed by atoms with Gasteiger partial charge >= 0.3 is 0 Å². The lowest BCUT2D eigenvalue weighted by atomic mass is 10.4. The van der Waals surface area contributed by atoms with Crippen LogP contribution >= 0.6 is 11.8 Å². The number of pyridine rings is 1. The molecule has 78 valence electrons. The minimum atomic E-state index is -0.517. The van der Waals surface area contributed by atoms with E-state index in [1.807, 2.05) is 0 Å². The molecule has 0 N–H and O–H groups in total. The van der Waals surface area contributed by atoms with Crippen molar-refractivity contribution in [1.82, 2.24) is 4.98 Å². The van der Waals surface area contributed by atoms with Crippen LogP contribution in [-0.4, -0.2) is 27.4 Å². The molecule has 1 amide bonds. The van der Waals surface area contributed by atoms with E-state index in [0.717, 1.165) is 11.9 Å². The number of amides is 1. The quantitative estimate of drug-likeness (QED) is 0.565. The van der Waals surface area contributed by atoms with Crippen LogP contribution in [0.4, 0.5) is 16.3 Å². The molecule has 0 saturated carbocycles. The van der Waals surface area contributed by atoms with Crippen LogP contribution in [-0.2, 0) is 0 Å². The van der Waals surface area contributed by atoms with E-state index in [1.165, 1.54) is 28.8 Å². The van der Waals surface area contributed by atoms with Gasteiger partial charge in [-0.1, -0.05) is 11.8 Å². The van der Waals surface area contributed by atoms with Crippen molar-refractivity contribution in [1.29, 1.82) is 0 Å². The predicted molar refractivity (Wildman–Crippen MR) is 56.1 cm³/mol. The molecule has 0 radical (unpaired) electrons. The molecule has 15 heavy (non-hydrogen) atoms. The van der Waals surface area contributed by atoms with E-state index in [0.29, 0.717) is 12.4 Å². The first-order chi connectivity index (χ1) is 7.18. The lowest BCUT2D eigenvalue weighted by molar-refractivity contribution is -0.385. The third-order valence-electron chi connectivity index (χ3n) is 1.98. The standard InChI is InChI=1S/C8H7N3O3S/c12-8-10(3-4-15-8)7-2-1-6(5-9-7)11(13)14/h1-2,5H,3-4H2. The second kappa shape index (κ2) is 3.85. The fraction of sp³-hybridized carbons (Fsp3) is 0.250. The second-order valence-electron chi connectivity index (χ2n) is 2.90. The van der Waals surface area contributed by atoms with E-state index in [-0.39, 0.29) is 10.9 Å². The smallest absolute Gasteiger partial charge is 0.287 e. The van der Waals surface area contributed by atoms with Crippen molar-refractivity contribution >= 4 is 28.5 Å². The van der Waals surface area contributed by atoms with Crippen molar-refractivity contribution in [2.75, 3.05) is 17.2 Å². The Labute approximate surface area is 89.4 Å². The van der Waals surface area contributed by atoms with Crippen molar-refractivity contribution in [3.63, 3.8) is 0 Å². The summed E-state index contributed by atoms with van der Waals surface area (Å²) in [7, 11) is 0. The molecule has 1 aliphatic rings. The number of hydrogen-bond acceptors (Lipinski definition) is 5. The van der Waals surface area contributed by atoms with Gasteiger partial charge in [0, 0.05) is 18.4 Å². The van der Waals surface area contributed by atoms with Gasteiger partial charge < -0.3 is 0 Å². The van der Waals surface area contributed by atoms with Gasteiger partial charge in [-0.05, 0) is 6.07 Å². The summed E-state index contributed by atoms with van der Waals surface area (Å²) in [5.41, 5.74) is -0.0713. The SMILES string of the molecule is O=C1SCCN1c1ccc([N+](=O)[O-])cn1. The number of carbonyl (C=O) groups excluding carboxylic acids is 1. The third kappa shape index (κ3) is 1.91. The molecule has 2 rings (SSSR count). The maximum atomic E-state index is 11.3. The summed E-state index contributed by atoms with van der Waals surface area (Å²) in [6.07, 6.45) is 1.16. The lowest BCUT2D eigenvalue weighted by Gasteiger charge is -2.12. The zero-order valence-corrected chi connectivity index (χ0v) is 8.44. The zero-order chi connectivity index (χ0) is 10.8. The first-order valence-electron chi connectivity index (χ1n) is 4.23. The van der Waals surface area contributed by atoms with Gasteiger partial charge in [-0.25, -0.2) is 4.98 Å². The van der Waals surface area contributed by atoms with Crippen LogP contribution in [0.5, 0.6) is 0 Å². The minimum Gasteiger partial charge on any atom is -0.287 e. The Balaban J connectivity index is 2.23. The zero-order valence-electron chi connectivity index (χ0n) is 7.62. The first kappa shape index (κ1) is 9.91. The normalized spacial score (nSPS) is 15.7. The average molecular weight is 225 g/mol. The van der Waals surface area contributed by atoms with Crippen molar-refractivity contribution in [2.45, 2.75) is 0 Å². The summed E-state index contributed by atoms with van der Waals surface area (Å²) in [6.45, 7) is 0.605. The molecule has 7 heteroatoms. The molecule has 1 aromatic heterocycles. The molecule has 0 bridgehead atoms. The number of thioether (sulfide) groups is 1. The van der Waals surface area contributed by atoms with Gasteiger partial charge in [0.2, 0.25) is 0 Å². The number of nitro groups is 1. The van der Waals surface area contributed by atoms with E-state index in [9.17, 15) is 14.9 Å². The maximum absolute atomic E-state index is 11.3. The molecule has 0 spiro atoms. The Morgan fingerprint density at radius 2 is 2.33 bits per heavy atom. The summed E-state index contributed by atoms with van der Waals surface area (Å²) < 4.78 is 0. The maximum Gasteiger partial charge on any atom is 0.287 e. The van der Waals surface area contributed by atoms with Crippen molar-refractivity contribution in [3.8, 4) is 0 Å². The highest BCUT2D eigenvalue weighted by molar-refractivity contribution is 8.14. The third-order valence-corrected chi connectivity index (χ3v) is 2.83. The van der Waals surface area contributed by atoms with Gasteiger partial charge in [0.05, 0.1) is 4.92 Å². The highest BCUT2D eigenvalue weighted by atomic mass is 32.2. The molecular formula is C8H7N3O3S. The van der Waals surface area contributed by atoms with E-state index >= 15 is 0 Å². The number of carbonyl (C=O) groups is 1. The van der Waals surface area contributed by atoms with Gasteiger partial charge in [-0.15, -0.1) is 0 Å². The Hall–Kier alpha value is -1.63. The Morgan fingerprint density at radius 1 is 1.53 bits per heavy atom. The lowest BCUT2D eigenvalue weighted by Crippen LogP contribution is -2.23. The predicted octanol–water partition coefficient (Wildman–Crippen LogP) is 1.66. The van der Waals surface area contributed by atoms with E-state index in [2.05, 4.69) is 4.98 Å². The highest BCUT2D eigenvalue weighted by Gasteiger charge is 2.23. The fourth-order valence-corrected chi connectivity index (χ4v) is 2.04. The monoisotopic (exact) mass is 225 g/mol. The summed E-state index contributed by atoms with van der Waals surface area (Å²) in [5, 5.41) is 10.3. The summed E-state index contributed by atoms with van der Waals surface area (Å²) in [4.78, 5) is 26.6. The van der Waals surface area contributed by atoms with E-state index in [4.69, 9.17) is 0 Å². The molecule has 0 aromatic carbocycles. The molecule has 0 aliphatic carbocycles. The molecule has 2 heterocycles. The molecular weight excluding hydrogens is 218 g/mol. The van der Waals surface area contributed by atoms with Crippen LogP contribution < -0.4 is 4.90 Å². The van der Waals surface area contributed by atoms with Gasteiger partial charge in [0.15, 0.2) is 0 Å². The first-order valence-corrected chi connectivity index (χ1v) is 5.22. The van der Waals surface area contributed by atoms with Crippen LogP contribution in [0.2, 0.25) is 0 Å². The fourth-order valence-electron chi connectivity index (χ4n) is 1.25. The molecule has 6 nitrogen and oxygen atoms in total. The number of hydrogen-bond donors (Lipinski definition) is 0. The number of anilines is 1. The molecule has 0 atom stereocenters. The molecule has 1 fully saturated rings. The van der Waals surface area contributed by atoms with E-state index < -0.39 is 4.92 Å². The minimum absolute atomic E-state index is 0.0589. The van der Waals surface area contributed by atoms with Crippen LogP contribution in [0.3, 0.4) is 0 Å². The van der Waals surface area contributed by atoms with Gasteiger partial charge in [-0.3, -0.25) is 19.8 Å². The van der Waals surface area contributed by atoms with E-state index in [1.54, 1.807) is 0 Å². The van der Waals surface area contributed by atoms with Crippen molar-refractivity contribution in [2.24, 2.45) is 0 Å².